The van der Waals surface area contributed by atoms with Gasteiger partial charge in [0.15, 0.2) is 6.61 Å². The number of carbonyl (C=O) groups is 1. The minimum atomic E-state index is -0.426. The molecule has 0 fully saturated rings. The van der Waals surface area contributed by atoms with Gasteiger partial charge in [0.2, 0.25) is 11.7 Å². The van der Waals surface area contributed by atoms with Crippen molar-refractivity contribution < 1.29 is 14.1 Å². The molecule has 0 saturated carbocycles. The smallest absolute Gasteiger partial charge is 0.261 e. The van der Waals surface area contributed by atoms with Crippen LogP contribution in [0.4, 0.5) is 0 Å². The molecule has 29 heavy (non-hydrogen) atoms. The van der Waals surface area contributed by atoms with Crippen molar-refractivity contribution in [1.82, 2.24) is 15.0 Å². The summed E-state index contributed by atoms with van der Waals surface area (Å²) < 4.78 is 11.2. The minimum absolute atomic E-state index is 0.0557. The quantitative estimate of drug-likeness (QED) is 0.614. The number of nitrogens with zero attached hydrogens (tertiary/aromatic N) is 3. The molecule has 0 saturated heterocycles. The van der Waals surface area contributed by atoms with E-state index < -0.39 is 5.54 Å². The van der Waals surface area contributed by atoms with Gasteiger partial charge in [-0.25, -0.2) is 0 Å². The van der Waals surface area contributed by atoms with Crippen molar-refractivity contribution in [2.45, 2.75) is 46.7 Å². The molecule has 1 heterocycles. The number of ether oxygens (including phenoxy) is 1. The van der Waals surface area contributed by atoms with Crippen LogP contribution in [0.2, 0.25) is 0 Å². The topological polar surface area (TPSA) is 68.5 Å². The predicted molar refractivity (Wildman–Crippen MR) is 111 cm³/mol. The zero-order valence-electron chi connectivity index (χ0n) is 17.6. The van der Waals surface area contributed by atoms with Gasteiger partial charge in [0.1, 0.15) is 12.3 Å². The van der Waals surface area contributed by atoms with Crippen LogP contribution >= 0.6 is 0 Å². The number of hydrogen-bond acceptors (Lipinski definition) is 5. The second-order valence-corrected chi connectivity index (χ2v) is 8.14. The van der Waals surface area contributed by atoms with E-state index in [1.165, 1.54) is 0 Å². The maximum Gasteiger partial charge on any atom is 0.261 e. The first-order chi connectivity index (χ1) is 13.7. The monoisotopic (exact) mass is 393 g/mol. The molecule has 0 N–H and O–H groups in total. The van der Waals surface area contributed by atoms with Crippen LogP contribution in [0, 0.1) is 13.8 Å². The van der Waals surface area contributed by atoms with Crippen LogP contribution in [0.3, 0.4) is 0 Å². The van der Waals surface area contributed by atoms with Gasteiger partial charge in [-0.05, 0) is 57.9 Å². The van der Waals surface area contributed by atoms with Crippen LogP contribution < -0.4 is 4.74 Å². The van der Waals surface area contributed by atoms with Gasteiger partial charge in [-0.15, -0.1) is 0 Å². The fourth-order valence-electron chi connectivity index (χ4n) is 3.10. The molecule has 6 nitrogen and oxygen atoms in total. The number of amides is 1. The van der Waals surface area contributed by atoms with Gasteiger partial charge in [-0.3, -0.25) is 4.79 Å². The van der Waals surface area contributed by atoms with E-state index in [9.17, 15) is 4.79 Å². The molecular formula is C23H27N3O3. The maximum atomic E-state index is 12.9. The van der Waals surface area contributed by atoms with Gasteiger partial charge in [-0.2, -0.15) is 4.98 Å². The van der Waals surface area contributed by atoms with Crippen molar-refractivity contribution in [3.63, 3.8) is 0 Å². The Morgan fingerprint density at radius 2 is 1.72 bits per heavy atom. The van der Waals surface area contributed by atoms with E-state index in [1.54, 1.807) is 4.90 Å². The Hall–Kier alpha value is -3.15. The van der Waals surface area contributed by atoms with Gasteiger partial charge >= 0.3 is 0 Å². The van der Waals surface area contributed by atoms with Crippen LogP contribution in [-0.2, 0) is 11.3 Å². The van der Waals surface area contributed by atoms with Crippen LogP contribution in [0.15, 0.2) is 53.1 Å². The lowest BCUT2D eigenvalue weighted by atomic mass is 10.1. The van der Waals surface area contributed by atoms with E-state index in [0.29, 0.717) is 17.5 Å². The lowest BCUT2D eigenvalue weighted by molar-refractivity contribution is -0.139. The number of hydrogen-bond donors (Lipinski definition) is 0. The van der Waals surface area contributed by atoms with E-state index in [2.05, 4.69) is 16.2 Å². The summed E-state index contributed by atoms with van der Waals surface area (Å²) >= 11 is 0. The fourth-order valence-corrected chi connectivity index (χ4v) is 3.10. The Morgan fingerprint density at radius 1 is 1.07 bits per heavy atom. The van der Waals surface area contributed by atoms with Crippen molar-refractivity contribution >= 4 is 5.91 Å². The van der Waals surface area contributed by atoms with Crippen LogP contribution in [0.1, 0.15) is 37.8 Å². The summed E-state index contributed by atoms with van der Waals surface area (Å²) in [6.45, 7) is 10.1. The lowest BCUT2D eigenvalue weighted by Crippen LogP contribution is -2.47. The zero-order chi connectivity index (χ0) is 21.0. The molecule has 0 spiro atoms. The zero-order valence-corrected chi connectivity index (χ0v) is 17.6. The first-order valence-corrected chi connectivity index (χ1v) is 9.62. The molecule has 1 amide bonds. The molecule has 0 aliphatic heterocycles. The van der Waals surface area contributed by atoms with E-state index in [1.807, 2.05) is 77.1 Å². The highest BCUT2D eigenvalue weighted by Gasteiger charge is 2.29. The van der Waals surface area contributed by atoms with Gasteiger partial charge in [-0.1, -0.05) is 41.6 Å². The van der Waals surface area contributed by atoms with Crippen molar-refractivity contribution in [3.05, 3.63) is 65.5 Å². The second-order valence-electron chi connectivity index (χ2n) is 8.14. The molecular weight excluding hydrogens is 366 g/mol. The van der Waals surface area contributed by atoms with Crippen LogP contribution in [-0.4, -0.2) is 33.1 Å². The molecule has 0 radical (unpaired) electrons. The summed E-state index contributed by atoms with van der Waals surface area (Å²) in [6.07, 6.45) is 0. The molecule has 0 unspecified atom stereocenters. The third-order valence-corrected chi connectivity index (χ3v) is 4.46. The number of aryl methyl sites for hydroxylation is 2. The summed E-state index contributed by atoms with van der Waals surface area (Å²) in [5.74, 6) is 1.44. The van der Waals surface area contributed by atoms with Crippen LogP contribution in [0.5, 0.6) is 5.75 Å². The van der Waals surface area contributed by atoms with Crippen molar-refractivity contribution in [2.75, 3.05) is 6.61 Å². The maximum absolute atomic E-state index is 12.9. The SMILES string of the molecule is Cc1cc(C)cc(OCC(=O)N(Cc2nc(-c3ccccc3)no2)C(C)(C)C)c1. The van der Waals surface area contributed by atoms with Gasteiger partial charge in [0.05, 0.1) is 0 Å². The normalized spacial score (nSPS) is 11.3. The van der Waals surface area contributed by atoms with E-state index in [0.717, 1.165) is 16.7 Å². The summed E-state index contributed by atoms with van der Waals surface area (Å²) in [6, 6.07) is 15.5. The van der Waals surface area contributed by atoms with Gasteiger partial charge in [0, 0.05) is 11.1 Å². The van der Waals surface area contributed by atoms with E-state index in [-0.39, 0.29) is 19.1 Å². The molecule has 6 heteroatoms. The van der Waals surface area contributed by atoms with E-state index in [4.69, 9.17) is 9.26 Å². The van der Waals surface area contributed by atoms with Gasteiger partial charge in [0.25, 0.3) is 5.91 Å². The molecule has 0 aliphatic carbocycles. The highest BCUT2D eigenvalue weighted by Crippen LogP contribution is 2.21. The summed E-state index contributed by atoms with van der Waals surface area (Å²) in [4.78, 5) is 19.1. The molecule has 0 aliphatic rings. The number of aromatic nitrogens is 2. The molecule has 3 aromatic rings. The molecule has 0 bridgehead atoms. The number of rotatable bonds is 6. The number of benzene rings is 2. The lowest BCUT2D eigenvalue weighted by Gasteiger charge is -2.34. The highest BCUT2D eigenvalue weighted by atomic mass is 16.5. The first-order valence-electron chi connectivity index (χ1n) is 9.62. The Morgan fingerprint density at radius 3 is 2.34 bits per heavy atom. The standard InChI is InChI=1S/C23H27N3O3/c1-16-11-17(2)13-19(12-16)28-15-21(27)26(23(3,4)5)14-20-24-22(25-29-20)18-9-7-6-8-10-18/h6-13H,14-15H2,1-5H3. The summed E-state index contributed by atoms with van der Waals surface area (Å²) in [5.41, 5.74) is 2.64. The van der Waals surface area contributed by atoms with Crippen molar-refractivity contribution in [3.8, 4) is 17.1 Å². The average molecular weight is 393 g/mol. The van der Waals surface area contributed by atoms with Crippen molar-refractivity contribution in [2.24, 2.45) is 0 Å². The summed E-state index contributed by atoms with van der Waals surface area (Å²) in [5, 5.41) is 4.04. The average Bonchev–Trinajstić information content (AvgIpc) is 3.12. The van der Waals surface area contributed by atoms with Gasteiger partial charge < -0.3 is 14.2 Å². The fraction of sp³-hybridized carbons (Fsp3) is 0.348. The molecule has 2 aromatic carbocycles. The summed E-state index contributed by atoms with van der Waals surface area (Å²) in [7, 11) is 0. The third-order valence-electron chi connectivity index (χ3n) is 4.46. The third kappa shape index (κ3) is 5.44. The Labute approximate surface area is 171 Å². The molecule has 152 valence electrons. The molecule has 0 atom stereocenters. The van der Waals surface area contributed by atoms with E-state index >= 15 is 0 Å². The molecule has 3 rings (SSSR count). The Balaban J connectivity index is 1.71. The Kier molecular flexibility index (Phi) is 6.01. The van der Waals surface area contributed by atoms with Crippen LogP contribution in [0.25, 0.3) is 11.4 Å². The molecule has 1 aromatic heterocycles. The first kappa shape index (κ1) is 20.6. The second kappa shape index (κ2) is 8.47. The predicted octanol–water partition coefficient (Wildman–Crippen LogP) is 4.56. The Bertz CT molecular complexity index is 954. The minimum Gasteiger partial charge on any atom is -0.484 e. The highest BCUT2D eigenvalue weighted by molar-refractivity contribution is 5.78. The largest absolute Gasteiger partial charge is 0.484 e. The van der Waals surface area contributed by atoms with Crippen molar-refractivity contribution in [1.29, 1.82) is 0 Å². The number of carbonyl (C=O) groups excluding carboxylic acids is 1.